The number of ether oxygens (including phenoxy) is 2. The number of thioether (sulfide) groups is 1. The number of carbonyl (C=O) groups is 2. The fourth-order valence-electron chi connectivity index (χ4n) is 2.75. The molecule has 0 spiro atoms. The standard InChI is InChI=1S/C21H18N2O6S/c1-3-9-22-20(24)19(30-21(22)25)12-14-7-8-17(18(11-14)28-2)29-13-15-5-4-6-16(10-15)23(26)27/h3-8,10-12H,1,9,13H2,2H3/b19-12+. The Balaban J connectivity index is 1.76. The minimum absolute atomic E-state index is 0.0104. The molecule has 0 unspecified atom stereocenters. The second-order valence-electron chi connectivity index (χ2n) is 6.21. The van der Waals surface area contributed by atoms with Gasteiger partial charge in [0.2, 0.25) is 0 Å². The Morgan fingerprint density at radius 2 is 2.00 bits per heavy atom. The third-order valence-corrected chi connectivity index (χ3v) is 5.09. The fourth-order valence-corrected chi connectivity index (χ4v) is 3.60. The molecule has 8 nitrogen and oxygen atoms in total. The molecule has 2 amide bonds. The van der Waals surface area contributed by atoms with Crippen molar-refractivity contribution in [3.05, 3.63) is 81.3 Å². The second-order valence-corrected chi connectivity index (χ2v) is 7.20. The summed E-state index contributed by atoms with van der Waals surface area (Å²) in [5.41, 5.74) is 1.30. The van der Waals surface area contributed by atoms with Gasteiger partial charge in [-0.1, -0.05) is 24.3 Å². The van der Waals surface area contributed by atoms with Crippen molar-refractivity contribution in [3.8, 4) is 11.5 Å². The van der Waals surface area contributed by atoms with Crippen LogP contribution < -0.4 is 9.47 Å². The van der Waals surface area contributed by atoms with Crippen LogP contribution in [0.5, 0.6) is 11.5 Å². The van der Waals surface area contributed by atoms with Crippen LogP contribution in [0.3, 0.4) is 0 Å². The number of non-ortho nitro benzene ring substituents is 1. The Morgan fingerprint density at radius 1 is 1.20 bits per heavy atom. The smallest absolute Gasteiger partial charge is 0.293 e. The van der Waals surface area contributed by atoms with Gasteiger partial charge in [-0.25, -0.2) is 0 Å². The summed E-state index contributed by atoms with van der Waals surface area (Å²) in [5.74, 6) is 0.510. The van der Waals surface area contributed by atoms with Crippen molar-refractivity contribution < 1.29 is 24.0 Å². The highest BCUT2D eigenvalue weighted by molar-refractivity contribution is 8.18. The normalized spacial score (nSPS) is 14.8. The van der Waals surface area contributed by atoms with Gasteiger partial charge >= 0.3 is 0 Å². The lowest BCUT2D eigenvalue weighted by Gasteiger charge is -2.11. The number of hydrogen-bond acceptors (Lipinski definition) is 7. The first-order valence-corrected chi connectivity index (χ1v) is 9.65. The molecule has 0 aliphatic carbocycles. The lowest BCUT2D eigenvalue weighted by atomic mass is 10.1. The Bertz CT molecular complexity index is 1050. The van der Waals surface area contributed by atoms with E-state index in [1.165, 1.54) is 25.3 Å². The highest BCUT2D eigenvalue weighted by Crippen LogP contribution is 2.34. The number of nitro benzene ring substituents is 1. The third-order valence-electron chi connectivity index (χ3n) is 4.19. The number of amides is 2. The van der Waals surface area contributed by atoms with E-state index in [4.69, 9.17) is 9.47 Å². The predicted molar refractivity (Wildman–Crippen MR) is 113 cm³/mol. The van der Waals surface area contributed by atoms with Crippen molar-refractivity contribution in [1.29, 1.82) is 0 Å². The number of rotatable bonds is 8. The number of nitrogens with zero attached hydrogens (tertiary/aromatic N) is 2. The summed E-state index contributed by atoms with van der Waals surface area (Å²) in [6.45, 7) is 3.83. The van der Waals surface area contributed by atoms with Crippen molar-refractivity contribution >= 4 is 34.7 Å². The molecule has 1 fully saturated rings. The first-order valence-electron chi connectivity index (χ1n) is 8.83. The monoisotopic (exact) mass is 426 g/mol. The summed E-state index contributed by atoms with van der Waals surface area (Å²) in [6.07, 6.45) is 3.11. The van der Waals surface area contributed by atoms with E-state index < -0.39 is 4.92 Å². The Labute approximate surface area is 176 Å². The minimum atomic E-state index is -0.463. The van der Waals surface area contributed by atoms with Crippen LogP contribution in [0, 0.1) is 10.1 Å². The zero-order valence-electron chi connectivity index (χ0n) is 16.1. The molecule has 1 aliphatic rings. The number of benzene rings is 2. The van der Waals surface area contributed by atoms with Gasteiger partial charge in [-0.3, -0.25) is 24.6 Å². The summed E-state index contributed by atoms with van der Waals surface area (Å²) in [7, 11) is 1.48. The average Bonchev–Trinajstić information content (AvgIpc) is 3.00. The summed E-state index contributed by atoms with van der Waals surface area (Å²) >= 11 is 0.869. The highest BCUT2D eigenvalue weighted by Gasteiger charge is 2.34. The molecule has 154 valence electrons. The van der Waals surface area contributed by atoms with Crippen molar-refractivity contribution in [3.63, 3.8) is 0 Å². The molecule has 0 saturated carbocycles. The van der Waals surface area contributed by atoms with Gasteiger partial charge in [-0.15, -0.1) is 6.58 Å². The number of imide groups is 1. The van der Waals surface area contributed by atoms with Gasteiger partial charge in [0.05, 0.1) is 16.9 Å². The number of methoxy groups -OCH3 is 1. The van der Waals surface area contributed by atoms with Gasteiger partial charge in [0, 0.05) is 18.7 Å². The lowest BCUT2D eigenvalue weighted by Crippen LogP contribution is -2.27. The predicted octanol–water partition coefficient (Wildman–Crippen LogP) is 4.40. The summed E-state index contributed by atoms with van der Waals surface area (Å²) in [6, 6.07) is 11.3. The fraction of sp³-hybridized carbons (Fsp3) is 0.143. The van der Waals surface area contributed by atoms with E-state index in [0.29, 0.717) is 27.5 Å². The Kier molecular flexibility index (Phi) is 6.53. The van der Waals surface area contributed by atoms with Crippen LogP contribution in [0.15, 0.2) is 60.0 Å². The number of hydrogen-bond donors (Lipinski definition) is 0. The van der Waals surface area contributed by atoms with Crippen molar-refractivity contribution in [2.24, 2.45) is 0 Å². The molecule has 2 aromatic carbocycles. The molecule has 0 atom stereocenters. The van der Waals surface area contributed by atoms with E-state index in [1.807, 2.05) is 0 Å². The summed E-state index contributed by atoms with van der Waals surface area (Å²) in [5, 5.41) is 10.6. The van der Waals surface area contributed by atoms with Crippen LogP contribution in [-0.4, -0.2) is 34.6 Å². The second kappa shape index (κ2) is 9.27. The van der Waals surface area contributed by atoms with Crippen LogP contribution >= 0.6 is 11.8 Å². The van der Waals surface area contributed by atoms with Gasteiger partial charge in [-0.05, 0) is 41.1 Å². The molecule has 1 heterocycles. The van der Waals surface area contributed by atoms with Crippen LogP contribution in [0.2, 0.25) is 0 Å². The minimum Gasteiger partial charge on any atom is -0.493 e. The van der Waals surface area contributed by atoms with Crippen molar-refractivity contribution in [2.45, 2.75) is 6.61 Å². The van der Waals surface area contributed by atoms with Crippen LogP contribution in [0.4, 0.5) is 10.5 Å². The number of nitro groups is 1. The zero-order valence-corrected chi connectivity index (χ0v) is 16.9. The lowest BCUT2D eigenvalue weighted by molar-refractivity contribution is -0.384. The summed E-state index contributed by atoms with van der Waals surface area (Å²) in [4.78, 5) is 36.1. The molecule has 0 aromatic heterocycles. The first-order chi connectivity index (χ1) is 14.4. The maximum Gasteiger partial charge on any atom is 0.293 e. The van der Waals surface area contributed by atoms with E-state index in [2.05, 4.69) is 6.58 Å². The molecule has 2 aromatic rings. The van der Waals surface area contributed by atoms with Crippen LogP contribution in [0.25, 0.3) is 6.08 Å². The van der Waals surface area contributed by atoms with Crippen molar-refractivity contribution in [1.82, 2.24) is 4.90 Å². The van der Waals surface area contributed by atoms with E-state index in [-0.39, 0.29) is 30.0 Å². The maximum absolute atomic E-state index is 12.3. The molecule has 3 rings (SSSR count). The number of carbonyl (C=O) groups excluding carboxylic acids is 2. The molecule has 0 radical (unpaired) electrons. The topological polar surface area (TPSA) is 99.0 Å². The quantitative estimate of drug-likeness (QED) is 0.267. The van der Waals surface area contributed by atoms with E-state index in [1.54, 1.807) is 36.4 Å². The first kappa shape index (κ1) is 21.1. The third kappa shape index (κ3) is 4.69. The maximum atomic E-state index is 12.3. The van der Waals surface area contributed by atoms with Crippen LogP contribution in [-0.2, 0) is 11.4 Å². The molecule has 0 bridgehead atoms. The van der Waals surface area contributed by atoms with E-state index in [9.17, 15) is 19.7 Å². The van der Waals surface area contributed by atoms with Gasteiger partial charge in [0.25, 0.3) is 16.8 Å². The molecule has 9 heteroatoms. The van der Waals surface area contributed by atoms with E-state index in [0.717, 1.165) is 16.7 Å². The average molecular weight is 426 g/mol. The molecular weight excluding hydrogens is 408 g/mol. The van der Waals surface area contributed by atoms with Gasteiger partial charge < -0.3 is 9.47 Å². The highest BCUT2D eigenvalue weighted by atomic mass is 32.2. The molecule has 1 saturated heterocycles. The summed E-state index contributed by atoms with van der Waals surface area (Å²) < 4.78 is 11.1. The Hall–Kier alpha value is -3.59. The largest absolute Gasteiger partial charge is 0.493 e. The van der Waals surface area contributed by atoms with Gasteiger partial charge in [0.1, 0.15) is 6.61 Å². The van der Waals surface area contributed by atoms with Gasteiger partial charge in [-0.2, -0.15) is 0 Å². The molecule has 0 N–H and O–H groups in total. The van der Waals surface area contributed by atoms with Gasteiger partial charge in [0.15, 0.2) is 11.5 Å². The van der Waals surface area contributed by atoms with Crippen LogP contribution in [0.1, 0.15) is 11.1 Å². The van der Waals surface area contributed by atoms with E-state index >= 15 is 0 Å². The SMILES string of the molecule is C=CCN1C(=O)S/C(=C/c2ccc(OCc3cccc([N+](=O)[O-])c3)c(OC)c2)C1=O. The Morgan fingerprint density at radius 3 is 2.70 bits per heavy atom. The molecule has 30 heavy (non-hydrogen) atoms. The molecular formula is C21H18N2O6S. The molecule has 1 aliphatic heterocycles. The zero-order chi connectivity index (χ0) is 21.7. The van der Waals surface area contributed by atoms with Crippen molar-refractivity contribution in [2.75, 3.05) is 13.7 Å².